The van der Waals surface area contributed by atoms with Crippen molar-refractivity contribution in [3.8, 4) is 0 Å². The van der Waals surface area contributed by atoms with Gasteiger partial charge in [0.1, 0.15) is 0 Å². The van der Waals surface area contributed by atoms with Crippen LogP contribution in [0.4, 0.5) is 0 Å². The monoisotopic (exact) mass is 185 g/mol. The zero-order chi connectivity index (χ0) is 6.91. The molecule has 0 aromatic heterocycles. The highest BCUT2D eigenvalue weighted by Gasteiger charge is 2.28. The molecule has 0 atom stereocenters. The largest absolute Gasteiger partial charge is 0.314 e. The second-order valence-electron chi connectivity index (χ2n) is 2.23. The van der Waals surface area contributed by atoms with Crippen LogP contribution in [0.5, 0.6) is 0 Å². The molecule has 1 aliphatic heterocycles. The van der Waals surface area contributed by atoms with Gasteiger partial charge in [0.2, 0.25) is 0 Å². The van der Waals surface area contributed by atoms with E-state index in [-0.39, 0.29) is 23.4 Å². The molecule has 0 aliphatic carbocycles. The maximum absolute atomic E-state index is 10.9. The topological polar surface area (TPSA) is 46.2 Å². The number of sulfone groups is 1. The maximum Gasteiger partial charge on any atom is 0.155 e. The van der Waals surface area contributed by atoms with Gasteiger partial charge in [-0.3, -0.25) is 0 Å². The standard InChI is InChI=1S/C5H11NO2S.ClH/c1-2-9(7,8)5-3-6-4-5;/h5-6H,2-4H2,1H3;1H. The van der Waals surface area contributed by atoms with Crippen molar-refractivity contribution in [2.45, 2.75) is 12.2 Å². The maximum atomic E-state index is 10.9. The molecular formula is C5H12ClNO2S. The fourth-order valence-electron chi connectivity index (χ4n) is 0.752. The van der Waals surface area contributed by atoms with E-state index >= 15 is 0 Å². The first-order chi connectivity index (χ1) is 4.17. The molecule has 1 aliphatic rings. The summed E-state index contributed by atoms with van der Waals surface area (Å²) < 4.78 is 21.9. The second kappa shape index (κ2) is 3.55. The average Bonchev–Trinajstić information content (AvgIpc) is 1.60. The summed E-state index contributed by atoms with van der Waals surface area (Å²) in [5.41, 5.74) is 0. The molecule has 0 unspecified atom stereocenters. The van der Waals surface area contributed by atoms with Crippen molar-refractivity contribution in [1.82, 2.24) is 5.32 Å². The first kappa shape index (κ1) is 10.2. The fraction of sp³-hybridized carbons (Fsp3) is 1.00. The number of hydrogen-bond acceptors (Lipinski definition) is 3. The molecule has 62 valence electrons. The molecule has 10 heavy (non-hydrogen) atoms. The molecule has 0 spiro atoms. The van der Waals surface area contributed by atoms with Crippen molar-refractivity contribution in [1.29, 1.82) is 0 Å². The lowest BCUT2D eigenvalue weighted by Crippen LogP contribution is -2.51. The third-order valence-electron chi connectivity index (χ3n) is 1.65. The first-order valence-electron chi connectivity index (χ1n) is 3.09. The molecule has 0 aromatic carbocycles. The van der Waals surface area contributed by atoms with Gasteiger partial charge in [0.15, 0.2) is 9.84 Å². The van der Waals surface area contributed by atoms with Gasteiger partial charge in [0, 0.05) is 18.8 Å². The van der Waals surface area contributed by atoms with Crippen LogP contribution in [0.15, 0.2) is 0 Å². The van der Waals surface area contributed by atoms with E-state index in [2.05, 4.69) is 5.32 Å². The summed E-state index contributed by atoms with van der Waals surface area (Å²) >= 11 is 0. The van der Waals surface area contributed by atoms with Crippen LogP contribution in [-0.4, -0.2) is 32.5 Å². The van der Waals surface area contributed by atoms with Crippen LogP contribution in [0.3, 0.4) is 0 Å². The first-order valence-corrected chi connectivity index (χ1v) is 4.80. The van der Waals surface area contributed by atoms with Gasteiger partial charge in [0.25, 0.3) is 0 Å². The summed E-state index contributed by atoms with van der Waals surface area (Å²) in [6.07, 6.45) is 0. The van der Waals surface area contributed by atoms with Crippen molar-refractivity contribution in [2.75, 3.05) is 18.8 Å². The SMILES string of the molecule is CCS(=O)(=O)C1CNC1.Cl. The number of nitrogens with one attached hydrogen (secondary N) is 1. The summed E-state index contributed by atoms with van der Waals surface area (Å²) in [7, 11) is -2.72. The lowest BCUT2D eigenvalue weighted by molar-refractivity contribution is 0.496. The Bertz CT molecular complexity index is 186. The lowest BCUT2D eigenvalue weighted by Gasteiger charge is -2.25. The van der Waals surface area contributed by atoms with Gasteiger partial charge in [-0.1, -0.05) is 6.92 Å². The normalized spacial score (nSPS) is 19.3. The summed E-state index contributed by atoms with van der Waals surface area (Å²) in [6, 6.07) is 0. The fourth-order valence-corrected chi connectivity index (χ4v) is 1.97. The molecule has 1 N–H and O–H groups in total. The van der Waals surface area contributed by atoms with Crippen LogP contribution < -0.4 is 5.32 Å². The van der Waals surface area contributed by atoms with Crippen LogP contribution >= 0.6 is 12.4 Å². The van der Waals surface area contributed by atoms with Crippen molar-refractivity contribution < 1.29 is 8.42 Å². The van der Waals surface area contributed by atoms with Crippen LogP contribution in [0.2, 0.25) is 0 Å². The van der Waals surface area contributed by atoms with Crippen LogP contribution in [-0.2, 0) is 9.84 Å². The molecular weight excluding hydrogens is 174 g/mol. The zero-order valence-corrected chi connectivity index (χ0v) is 7.46. The van der Waals surface area contributed by atoms with Crippen LogP contribution in [0.1, 0.15) is 6.92 Å². The predicted octanol–water partition coefficient (Wildman–Crippen LogP) is -0.185. The Labute approximate surface area is 67.5 Å². The van der Waals surface area contributed by atoms with E-state index in [1.165, 1.54) is 0 Å². The molecule has 0 aromatic rings. The van der Waals surface area contributed by atoms with Gasteiger partial charge in [-0.25, -0.2) is 8.42 Å². The highest BCUT2D eigenvalue weighted by molar-refractivity contribution is 7.92. The van der Waals surface area contributed by atoms with Crippen molar-refractivity contribution in [3.63, 3.8) is 0 Å². The number of rotatable bonds is 2. The smallest absolute Gasteiger partial charge is 0.155 e. The zero-order valence-electron chi connectivity index (χ0n) is 5.83. The molecule has 0 bridgehead atoms. The Hall–Kier alpha value is 0.200. The van der Waals surface area contributed by atoms with E-state index in [9.17, 15) is 8.42 Å². The highest BCUT2D eigenvalue weighted by atomic mass is 35.5. The summed E-state index contributed by atoms with van der Waals surface area (Å²) in [4.78, 5) is 0. The minimum Gasteiger partial charge on any atom is -0.314 e. The van der Waals surface area contributed by atoms with Gasteiger partial charge in [0.05, 0.1) is 5.25 Å². The van der Waals surface area contributed by atoms with Gasteiger partial charge in [-0.2, -0.15) is 0 Å². The molecule has 0 saturated carbocycles. The molecule has 5 heteroatoms. The summed E-state index contributed by atoms with van der Waals surface area (Å²) in [6.45, 7) is 2.99. The van der Waals surface area contributed by atoms with Gasteiger partial charge >= 0.3 is 0 Å². The van der Waals surface area contributed by atoms with E-state index in [0.717, 1.165) is 0 Å². The Morgan fingerprint density at radius 1 is 1.50 bits per heavy atom. The van der Waals surface area contributed by atoms with E-state index < -0.39 is 9.84 Å². The highest BCUT2D eigenvalue weighted by Crippen LogP contribution is 2.05. The lowest BCUT2D eigenvalue weighted by atomic mass is 10.3. The average molecular weight is 186 g/mol. The van der Waals surface area contributed by atoms with Crippen molar-refractivity contribution in [3.05, 3.63) is 0 Å². The van der Waals surface area contributed by atoms with E-state index in [1.807, 2.05) is 0 Å². The Morgan fingerprint density at radius 2 is 2.00 bits per heavy atom. The molecule has 1 rings (SSSR count). The number of halogens is 1. The summed E-state index contributed by atoms with van der Waals surface area (Å²) in [5.74, 6) is 0.277. The number of hydrogen-bond donors (Lipinski definition) is 1. The molecule has 1 saturated heterocycles. The Balaban J connectivity index is 0.000000810. The Kier molecular flexibility index (Phi) is 3.62. The van der Waals surface area contributed by atoms with Crippen LogP contribution in [0, 0.1) is 0 Å². The molecule has 1 heterocycles. The quantitative estimate of drug-likeness (QED) is 0.649. The minimum atomic E-state index is -2.72. The third kappa shape index (κ3) is 1.84. The van der Waals surface area contributed by atoms with E-state index in [4.69, 9.17) is 0 Å². The molecule has 0 radical (unpaired) electrons. The molecule has 0 amide bonds. The van der Waals surface area contributed by atoms with Gasteiger partial charge in [-0.05, 0) is 0 Å². The van der Waals surface area contributed by atoms with Crippen molar-refractivity contribution >= 4 is 22.2 Å². The Morgan fingerprint density at radius 3 is 2.10 bits per heavy atom. The molecule has 1 fully saturated rings. The second-order valence-corrected chi connectivity index (χ2v) is 4.80. The minimum absolute atomic E-state index is 0. The third-order valence-corrected chi connectivity index (χ3v) is 3.81. The van der Waals surface area contributed by atoms with E-state index in [1.54, 1.807) is 6.92 Å². The summed E-state index contributed by atoms with van der Waals surface area (Å²) in [5, 5.41) is 2.83. The van der Waals surface area contributed by atoms with Crippen LogP contribution in [0.25, 0.3) is 0 Å². The van der Waals surface area contributed by atoms with Gasteiger partial charge in [-0.15, -0.1) is 12.4 Å². The molecule has 3 nitrogen and oxygen atoms in total. The van der Waals surface area contributed by atoms with Gasteiger partial charge < -0.3 is 5.32 Å². The predicted molar refractivity (Wildman–Crippen MR) is 43.4 cm³/mol. The van der Waals surface area contributed by atoms with Crippen molar-refractivity contribution in [2.24, 2.45) is 0 Å². The van der Waals surface area contributed by atoms with E-state index in [0.29, 0.717) is 13.1 Å².